The highest BCUT2D eigenvalue weighted by Gasteiger charge is 2.02. The molecule has 0 saturated heterocycles. The largest absolute Gasteiger partial charge is 0.0847 e. The SMILES string of the molecule is CC=C(C)C=C(CCC)C(=CC)CCC. The average Bonchev–Trinajstić information content (AvgIpc) is 2.25. The Labute approximate surface area is 95.8 Å². The van der Waals surface area contributed by atoms with Gasteiger partial charge < -0.3 is 0 Å². The number of allylic oxidation sites excluding steroid dienone is 6. The van der Waals surface area contributed by atoms with Crippen molar-refractivity contribution < 1.29 is 0 Å². The topological polar surface area (TPSA) is 0 Å². The van der Waals surface area contributed by atoms with Crippen molar-refractivity contribution in [3.63, 3.8) is 0 Å². The Morgan fingerprint density at radius 3 is 1.80 bits per heavy atom. The fourth-order valence-corrected chi connectivity index (χ4v) is 1.71. The van der Waals surface area contributed by atoms with Gasteiger partial charge in [-0.15, -0.1) is 0 Å². The minimum absolute atomic E-state index is 1.20. The molecule has 0 spiro atoms. The summed E-state index contributed by atoms with van der Waals surface area (Å²) in [5.74, 6) is 0. The molecular formula is C15H26. The highest BCUT2D eigenvalue weighted by atomic mass is 14.1. The Hall–Kier alpha value is -0.780. The molecule has 15 heavy (non-hydrogen) atoms. The van der Waals surface area contributed by atoms with Gasteiger partial charge in [0.05, 0.1) is 0 Å². The molecule has 0 aliphatic carbocycles. The molecule has 0 fully saturated rings. The van der Waals surface area contributed by atoms with Crippen LogP contribution in [0, 0.1) is 0 Å². The molecule has 0 rings (SSSR count). The molecule has 0 saturated carbocycles. The first kappa shape index (κ1) is 14.2. The Bertz CT molecular complexity index is 251. The Morgan fingerprint density at radius 2 is 1.40 bits per heavy atom. The number of hydrogen-bond donors (Lipinski definition) is 0. The van der Waals surface area contributed by atoms with Crippen LogP contribution in [0.1, 0.15) is 60.3 Å². The standard InChI is InChI=1S/C15H26/c1-6-10-14(9-4)15(11-7-2)12-13(5)8-3/h8-9,12H,6-7,10-11H2,1-5H3. The van der Waals surface area contributed by atoms with E-state index in [2.05, 4.69) is 52.8 Å². The monoisotopic (exact) mass is 206 g/mol. The van der Waals surface area contributed by atoms with Crippen molar-refractivity contribution in [2.45, 2.75) is 60.3 Å². The lowest BCUT2D eigenvalue weighted by Crippen LogP contribution is -1.91. The van der Waals surface area contributed by atoms with Gasteiger partial charge in [0.15, 0.2) is 0 Å². The van der Waals surface area contributed by atoms with Gasteiger partial charge in [-0.05, 0) is 44.8 Å². The zero-order valence-corrected chi connectivity index (χ0v) is 11.1. The lowest BCUT2D eigenvalue weighted by atomic mass is 9.95. The fourth-order valence-electron chi connectivity index (χ4n) is 1.71. The summed E-state index contributed by atoms with van der Waals surface area (Å²) in [7, 11) is 0. The second kappa shape index (κ2) is 8.52. The molecule has 0 aliphatic heterocycles. The third-order valence-corrected chi connectivity index (χ3v) is 2.66. The molecule has 0 aromatic carbocycles. The van der Waals surface area contributed by atoms with E-state index in [1.807, 2.05) is 0 Å². The fraction of sp³-hybridized carbons (Fsp3) is 0.600. The van der Waals surface area contributed by atoms with Crippen LogP contribution < -0.4 is 0 Å². The van der Waals surface area contributed by atoms with E-state index in [0.29, 0.717) is 0 Å². The zero-order valence-electron chi connectivity index (χ0n) is 11.1. The molecule has 0 unspecified atom stereocenters. The summed E-state index contributed by atoms with van der Waals surface area (Å²) in [5.41, 5.74) is 4.42. The van der Waals surface area contributed by atoms with E-state index < -0.39 is 0 Å². The third-order valence-electron chi connectivity index (χ3n) is 2.66. The molecule has 0 bridgehead atoms. The lowest BCUT2D eigenvalue weighted by Gasteiger charge is -2.10. The maximum absolute atomic E-state index is 2.34. The van der Waals surface area contributed by atoms with Crippen LogP contribution in [0.5, 0.6) is 0 Å². The van der Waals surface area contributed by atoms with Gasteiger partial charge in [-0.1, -0.05) is 50.5 Å². The highest BCUT2D eigenvalue weighted by molar-refractivity contribution is 5.36. The summed E-state index contributed by atoms with van der Waals surface area (Å²) in [6.07, 6.45) is 11.7. The van der Waals surface area contributed by atoms with Crippen LogP contribution in [-0.2, 0) is 0 Å². The van der Waals surface area contributed by atoms with E-state index in [1.165, 1.54) is 42.4 Å². The molecule has 0 heterocycles. The second-order valence-electron chi connectivity index (χ2n) is 4.02. The highest BCUT2D eigenvalue weighted by Crippen LogP contribution is 2.22. The van der Waals surface area contributed by atoms with Crippen LogP contribution >= 0.6 is 0 Å². The number of hydrogen-bond acceptors (Lipinski definition) is 0. The van der Waals surface area contributed by atoms with E-state index >= 15 is 0 Å². The average molecular weight is 206 g/mol. The van der Waals surface area contributed by atoms with Gasteiger partial charge in [-0.25, -0.2) is 0 Å². The summed E-state index contributed by atoms with van der Waals surface area (Å²) in [5, 5.41) is 0. The Morgan fingerprint density at radius 1 is 0.867 bits per heavy atom. The Balaban J connectivity index is 4.85. The zero-order chi connectivity index (χ0) is 11.7. The molecule has 0 aliphatic rings. The first-order chi connectivity index (χ1) is 7.19. The van der Waals surface area contributed by atoms with Crippen molar-refractivity contribution in [3.8, 4) is 0 Å². The van der Waals surface area contributed by atoms with Crippen molar-refractivity contribution in [1.82, 2.24) is 0 Å². The first-order valence-electron chi connectivity index (χ1n) is 6.18. The lowest BCUT2D eigenvalue weighted by molar-refractivity contribution is 0.850. The molecule has 0 N–H and O–H groups in total. The second-order valence-corrected chi connectivity index (χ2v) is 4.02. The van der Waals surface area contributed by atoms with Crippen LogP contribution in [0.25, 0.3) is 0 Å². The van der Waals surface area contributed by atoms with Gasteiger partial charge in [0.1, 0.15) is 0 Å². The van der Waals surface area contributed by atoms with E-state index in [0.717, 1.165) is 0 Å². The maximum atomic E-state index is 2.34. The maximum Gasteiger partial charge on any atom is -0.0279 e. The summed E-state index contributed by atoms with van der Waals surface area (Å²) in [4.78, 5) is 0. The van der Waals surface area contributed by atoms with Crippen molar-refractivity contribution in [1.29, 1.82) is 0 Å². The normalized spacial score (nSPS) is 14.6. The number of rotatable bonds is 6. The van der Waals surface area contributed by atoms with Gasteiger partial charge in [-0.3, -0.25) is 0 Å². The van der Waals surface area contributed by atoms with Crippen molar-refractivity contribution in [2.75, 3.05) is 0 Å². The van der Waals surface area contributed by atoms with Crippen LogP contribution in [0.2, 0.25) is 0 Å². The summed E-state index contributed by atoms with van der Waals surface area (Å²) >= 11 is 0. The van der Waals surface area contributed by atoms with Gasteiger partial charge in [0.2, 0.25) is 0 Å². The quantitative estimate of drug-likeness (QED) is 0.509. The third kappa shape index (κ3) is 5.61. The summed E-state index contributed by atoms with van der Waals surface area (Å²) in [6.45, 7) is 10.9. The van der Waals surface area contributed by atoms with Crippen LogP contribution in [0.15, 0.2) is 34.9 Å². The molecule has 0 nitrogen and oxygen atoms in total. The van der Waals surface area contributed by atoms with E-state index in [9.17, 15) is 0 Å². The van der Waals surface area contributed by atoms with Gasteiger partial charge >= 0.3 is 0 Å². The molecule has 0 atom stereocenters. The molecule has 0 amide bonds. The van der Waals surface area contributed by atoms with Gasteiger partial charge in [0, 0.05) is 0 Å². The van der Waals surface area contributed by atoms with Crippen molar-refractivity contribution in [3.05, 3.63) is 34.9 Å². The minimum atomic E-state index is 1.20. The van der Waals surface area contributed by atoms with Gasteiger partial charge in [0.25, 0.3) is 0 Å². The smallest absolute Gasteiger partial charge is 0.0279 e. The van der Waals surface area contributed by atoms with E-state index in [-0.39, 0.29) is 0 Å². The Kier molecular flexibility index (Phi) is 8.08. The van der Waals surface area contributed by atoms with Crippen LogP contribution in [0.4, 0.5) is 0 Å². The predicted molar refractivity (Wildman–Crippen MR) is 71.1 cm³/mol. The molecule has 0 aromatic heterocycles. The molecular weight excluding hydrogens is 180 g/mol. The van der Waals surface area contributed by atoms with Crippen molar-refractivity contribution >= 4 is 0 Å². The van der Waals surface area contributed by atoms with Crippen LogP contribution in [0.3, 0.4) is 0 Å². The summed E-state index contributed by atoms with van der Waals surface area (Å²) < 4.78 is 0. The van der Waals surface area contributed by atoms with E-state index in [1.54, 1.807) is 0 Å². The molecule has 86 valence electrons. The van der Waals surface area contributed by atoms with Gasteiger partial charge in [-0.2, -0.15) is 0 Å². The molecule has 0 radical (unpaired) electrons. The summed E-state index contributed by atoms with van der Waals surface area (Å²) in [6, 6.07) is 0. The minimum Gasteiger partial charge on any atom is -0.0847 e. The molecule has 0 heteroatoms. The predicted octanol–water partition coefficient (Wildman–Crippen LogP) is 5.43. The van der Waals surface area contributed by atoms with E-state index in [4.69, 9.17) is 0 Å². The molecule has 0 aromatic rings. The first-order valence-corrected chi connectivity index (χ1v) is 6.18. The van der Waals surface area contributed by atoms with Crippen LogP contribution in [-0.4, -0.2) is 0 Å². The van der Waals surface area contributed by atoms with Crippen molar-refractivity contribution in [2.24, 2.45) is 0 Å².